The molecule has 1 aliphatic rings. The number of hydrogen-bond acceptors (Lipinski definition) is 4. The van der Waals surface area contributed by atoms with Crippen molar-refractivity contribution >= 4 is 47.0 Å². The van der Waals surface area contributed by atoms with Crippen molar-refractivity contribution < 1.29 is 19.1 Å². The highest BCUT2D eigenvalue weighted by Crippen LogP contribution is 2.31. The molecule has 0 unspecified atom stereocenters. The molecule has 2 aromatic carbocycles. The lowest BCUT2D eigenvalue weighted by Crippen LogP contribution is -2.03. The van der Waals surface area contributed by atoms with E-state index in [2.05, 4.69) is 0 Å². The van der Waals surface area contributed by atoms with Gasteiger partial charge in [0.05, 0.1) is 5.57 Å². The fourth-order valence-corrected chi connectivity index (χ4v) is 2.60. The van der Waals surface area contributed by atoms with Gasteiger partial charge in [0.25, 0.3) is 0 Å². The van der Waals surface area contributed by atoms with Crippen LogP contribution in [-0.4, -0.2) is 11.9 Å². The van der Waals surface area contributed by atoms with E-state index in [1.807, 2.05) is 0 Å². The smallest absolute Gasteiger partial charge is 0.343 e. The Kier molecular flexibility index (Phi) is 4.93. The third-order valence-electron chi connectivity index (χ3n) is 3.39. The number of rotatable bonds is 3. The van der Waals surface area contributed by atoms with E-state index in [1.54, 1.807) is 54.6 Å². The molecule has 6 heteroatoms. The Labute approximate surface area is 154 Å². The van der Waals surface area contributed by atoms with Crippen molar-refractivity contribution in [3.63, 3.8) is 0 Å². The number of halogens is 2. The number of cyclic esters (lactones) is 1. The Hall–Kier alpha value is -2.56. The van der Waals surface area contributed by atoms with E-state index < -0.39 is 11.9 Å². The minimum atomic E-state index is -0.501. The number of benzene rings is 2. The Morgan fingerprint density at radius 3 is 2.44 bits per heavy atom. The molecule has 0 aromatic heterocycles. The molecule has 1 heterocycles. The standard InChI is InChI=1S/C19H12Cl2O4/c1-11(22)24-17-7-6-16(21)9-13(17)8-14-10-18(25-19(14)23)12-2-4-15(20)5-3-12/h2-10H,1H3/b14-8+. The van der Waals surface area contributed by atoms with Gasteiger partial charge in [-0.2, -0.15) is 0 Å². The first-order valence-electron chi connectivity index (χ1n) is 7.32. The Bertz CT molecular complexity index is 912. The first kappa shape index (κ1) is 17.3. The highest BCUT2D eigenvalue weighted by atomic mass is 35.5. The Balaban J connectivity index is 1.98. The van der Waals surface area contributed by atoms with Crippen LogP contribution in [0.25, 0.3) is 11.8 Å². The molecular formula is C19H12Cl2O4. The van der Waals surface area contributed by atoms with Crippen LogP contribution in [0.15, 0.2) is 54.1 Å². The largest absolute Gasteiger partial charge is 0.426 e. The molecule has 3 rings (SSSR count). The van der Waals surface area contributed by atoms with Crippen LogP contribution < -0.4 is 4.74 Å². The second-order valence-electron chi connectivity index (χ2n) is 5.28. The predicted octanol–water partition coefficient (Wildman–Crippen LogP) is 4.90. The van der Waals surface area contributed by atoms with Crippen LogP contribution in [0.1, 0.15) is 18.1 Å². The van der Waals surface area contributed by atoms with E-state index in [0.717, 1.165) is 5.56 Å². The molecule has 0 radical (unpaired) electrons. The number of ether oxygens (including phenoxy) is 2. The maximum Gasteiger partial charge on any atom is 0.343 e. The average Bonchev–Trinajstić information content (AvgIpc) is 2.91. The van der Waals surface area contributed by atoms with Gasteiger partial charge in [0, 0.05) is 28.1 Å². The number of hydrogen-bond donors (Lipinski definition) is 0. The SMILES string of the molecule is CC(=O)Oc1ccc(Cl)cc1/C=C1\C=C(c2ccc(Cl)cc2)OC1=O. The molecule has 0 aliphatic carbocycles. The number of carbonyl (C=O) groups excluding carboxylic acids is 2. The highest BCUT2D eigenvalue weighted by molar-refractivity contribution is 6.31. The minimum Gasteiger partial charge on any atom is -0.426 e. The van der Waals surface area contributed by atoms with Crippen LogP contribution in [0.3, 0.4) is 0 Å². The van der Waals surface area contributed by atoms with Gasteiger partial charge in [-0.1, -0.05) is 23.2 Å². The monoisotopic (exact) mass is 374 g/mol. The first-order chi connectivity index (χ1) is 11.9. The van der Waals surface area contributed by atoms with Crippen molar-refractivity contribution in [2.24, 2.45) is 0 Å². The van der Waals surface area contributed by atoms with E-state index in [-0.39, 0.29) is 0 Å². The molecule has 0 bridgehead atoms. The maximum atomic E-state index is 12.1. The summed E-state index contributed by atoms with van der Waals surface area (Å²) >= 11 is 11.9. The summed E-state index contributed by atoms with van der Waals surface area (Å²) in [4.78, 5) is 23.4. The molecule has 0 atom stereocenters. The lowest BCUT2D eigenvalue weighted by Gasteiger charge is -2.06. The van der Waals surface area contributed by atoms with Crippen molar-refractivity contribution in [3.8, 4) is 5.75 Å². The van der Waals surface area contributed by atoms with Gasteiger partial charge in [0.1, 0.15) is 11.5 Å². The highest BCUT2D eigenvalue weighted by Gasteiger charge is 2.22. The average molecular weight is 375 g/mol. The van der Waals surface area contributed by atoms with Crippen molar-refractivity contribution in [1.82, 2.24) is 0 Å². The summed E-state index contributed by atoms with van der Waals surface area (Å²) in [5.41, 5.74) is 1.55. The predicted molar refractivity (Wildman–Crippen MR) is 96.3 cm³/mol. The zero-order valence-corrected chi connectivity index (χ0v) is 14.6. The molecule has 0 amide bonds. The molecule has 0 fully saturated rings. The van der Waals surface area contributed by atoms with E-state index in [1.165, 1.54) is 6.92 Å². The summed E-state index contributed by atoms with van der Waals surface area (Å²) in [7, 11) is 0. The van der Waals surface area contributed by atoms with E-state index in [4.69, 9.17) is 32.7 Å². The van der Waals surface area contributed by atoms with Crippen LogP contribution in [0.2, 0.25) is 10.0 Å². The van der Waals surface area contributed by atoms with E-state index >= 15 is 0 Å². The maximum absolute atomic E-state index is 12.1. The molecule has 25 heavy (non-hydrogen) atoms. The third-order valence-corrected chi connectivity index (χ3v) is 3.88. The van der Waals surface area contributed by atoms with Crippen molar-refractivity contribution in [1.29, 1.82) is 0 Å². The Morgan fingerprint density at radius 1 is 1.08 bits per heavy atom. The molecule has 0 saturated heterocycles. The van der Waals surface area contributed by atoms with Gasteiger partial charge in [-0.05, 0) is 54.6 Å². The molecule has 0 N–H and O–H groups in total. The van der Waals surface area contributed by atoms with E-state index in [0.29, 0.717) is 32.7 Å². The number of carbonyl (C=O) groups is 2. The summed E-state index contributed by atoms with van der Waals surface area (Å²) in [6, 6.07) is 11.7. The van der Waals surface area contributed by atoms with Gasteiger partial charge in [0.2, 0.25) is 0 Å². The fourth-order valence-electron chi connectivity index (χ4n) is 2.29. The van der Waals surface area contributed by atoms with Crippen LogP contribution in [0, 0.1) is 0 Å². The van der Waals surface area contributed by atoms with Crippen molar-refractivity contribution in [2.45, 2.75) is 6.92 Å². The summed E-state index contributed by atoms with van der Waals surface area (Å²) in [6.07, 6.45) is 3.18. The molecule has 0 spiro atoms. The zero-order chi connectivity index (χ0) is 18.0. The summed E-state index contributed by atoms with van der Waals surface area (Å²) in [5.74, 6) is -0.235. The minimum absolute atomic E-state index is 0.311. The molecule has 126 valence electrons. The fraction of sp³-hybridized carbons (Fsp3) is 0.0526. The van der Waals surface area contributed by atoms with Crippen LogP contribution in [0.5, 0.6) is 5.75 Å². The molecule has 1 aliphatic heterocycles. The van der Waals surface area contributed by atoms with Gasteiger partial charge in [-0.25, -0.2) is 4.79 Å². The first-order valence-corrected chi connectivity index (χ1v) is 8.07. The quantitative estimate of drug-likeness (QED) is 0.435. The van der Waals surface area contributed by atoms with Gasteiger partial charge in [-0.15, -0.1) is 0 Å². The second kappa shape index (κ2) is 7.13. The Morgan fingerprint density at radius 2 is 1.76 bits per heavy atom. The van der Waals surface area contributed by atoms with Crippen LogP contribution >= 0.6 is 23.2 Å². The van der Waals surface area contributed by atoms with Crippen LogP contribution in [-0.2, 0) is 14.3 Å². The van der Waals surface area contributed by atoms with Gasteiger partial charge in [-0.3, -0.25) is 4.79 Å². The molecular weight excluding hydrogens is 363 g/mol. The lowest BCUT2D eigenvalue weighted by molar-refractivity contribution is -0.132. The topological polar surface area (TPSA) is 52.6 Å². The lowest BCUT2D eigenvalue weighted by atomic mass is 10.1. The van der Waals surface area contributed by atoms with Crippen molar-refractivity contribution in [2.75, 3.05) is 0 Å². The van der Waals surface area contributed by atoms with Crippen LogP contribution in [0.4, 0.5) is 0 Å². The van der Waals surface area contributed by atoms with Gasteiger partial charge < -0.3 is 9.47 Å². The molecule has 2 aromatic rings. The van der Waals surface area contributed by atoms with Gasteiger partial charge >= 0.3 is 11.9 Å². The zero-order valence-electron chi connectivity index (χ0n) is 13.1. The molecule has 4 nitrogen and oxygen atoms in total. The summed E-state index contributed by atoms with van der Waals surface area (Å²) in [6.45, 7) is 1.30. The second-order valence-corrected chi connectivity index (χ2v) is 6.15. The van der Waals surface area contributed by atoms with E-state index in [9.17, 15) is 9.59 Å². The summed E-state index contributed by atoms with van der Waals surface area (Å²) in [5, 5.41) is 1.05. The van der Waals surface area contributed by atoms with Gasteiger partial charge in [0.15, 0.2) is 0 Å². The molecule has 0 saturated carbocycles. The normalized spacial score (nSPS) is 15.1. The van der Waals surface area contributed by atoms with Crippen molar-refractivity contribution in [3.05, 3.63) is 75.3 Å². The summed E-state index contributed by atoms with van der Waals surface area (Å²) < 4.78 is 10.4. The third kappa shape index (κ3) is 4.10. The number of esters is 2.